The van der Waals surface area contributed by atoms with Crippen LogP contribution >= 0.6 is 27.5 Å². The normalized spacial score (nSPS) is 9.69. The number of hydrogen-bond acceptors (Lipinski definition) is 3. The summed E-state index contributed by atoms with van der Waals surface area (Å²) in [6.45, 7) is 0. The van der Waals surface area contributed by atoms with Crippen molar-refractivity contribution >= 4 is 33.2 Å². The zero-order valence-corrected chi connectivity index (χ0v) is 8.71. The van der Waals surface area contributed by atoms with Crippen molar-refractivity contribution in [3.8, 4) is 5.75 Å². The molecule has 0 aromatic heterocycles. The van der Waals surface area contributed by atoms with Crippen molar-refractivity contribution in [3.05, 3.63) is 32.8 Å². The van der Waals surface area contributed by atoms with E-state index in [1.165, 1.54) is 12.1 Å². The zero-order chi connectivity index (χ0) is 9.84. The second-order valence-electron chi connectivity index (χ2n) is 2.16. The first-order valence-corrected chi connectivity index (χ1v) is 4.60. The molecule has 0 atom stereocenters. The number of nitro groups is 1. The van der Waals surface area contributed by atoms with Crippen LogP contribution in [-0.2, 0) is 0 Å². The molecule has 0 unspecified atom stereocenters. The van der Waals surface area contributed by atoms with Crippen LogP contribution < -0.4 is 4.74 Å². The summed E-state index contributed by atoms with van der Waals surface area (Å²) in [5.74, 6) is 0.371. The van der Waals surface area contributed by atoms with Gasteiger partial charge in [-0.25, -0.2) is 0 Å². The van der Waals surface area contributed by atoms with Gasteiger partial charge in [-0.05, 0) is 6.07 Å². The van der Waals surface area contributed by atoms with Gasteiger partial charge < -0.3 is 4.74 Å². The van der Waals surface area contributed by atoms with E-state index in [0.717, 1.165) is 0 Å². The standard InChI is InChI=1S/C7H5BrClNO3/c8-5-1-6(10(11)12)3-7(2-5)13-4-9/h1-3H,4H2. The van der Waals surface area contributed by atoms with Crippen LogP contribution in [-0.4, -0.2) is 11.0 Å². The van der Waals surface area contributed by atoms with E-state index in [0.29, 0.717) is 10.2 Å². The molecule has 0 N–H and O–H groups in total. The van der Waals surface area contributed by atoms with Crippen LogP contribution in [0.3, 0.4) is 0 Å². The third kappa shape index (κ3) is 2.86. The molecular formula is C7H5BrClNO3. The minimum Gasteiger partial charge on any atom is -0.478 e. The minimum absolute atomic E-state index is 0.0329. The molecule has 0 amide bonds. The zero-order valence-electron chi connectivity index (χ0n) is 6.37. The van der Waals surface area contributed by atoms with Crippen molar-refractivity contribution in [2.24, 2.45) is 0 Å². The van der Waals surface area contributed by atoms with E-state index < -0.39 is 4.92 Å². The maximum absolute atomic E-state index is 10.4. The summed E-state index contributed by atoms with van der Waals surface area (Å²) in [6.07, 6.45) is 0. The predicted molar refractivity (Wildman–Crippen MR) is 52.1 cm³/mol. The van der Waals surface area contributed by atoms with Crippen molar-refractivity contribution < 1.29 is 9.66 Å². The Morgan fingerprint density at radius 1 is 1.54 bits per heavy atom. The van der Waals surface area contributed by atoms with Gasteiger partial charge >= 0.3 is 0 Å². The lowest BCUT2D eigenvalue weighted by Crippen LogP contribution is -1.92. The van der Waals surface area contributed by atoms with E-state index in [1.807, 2.05) is 0 Å². The van der Waals surface area contributed by atoms with Crippen LogP contribution in [0.15, 0.2) is 22.7 Å². The van der Waals surface area contributed by atoms with Crippen LogP contribution in [0.1, 0.15) is 0 Å². The van der Waals surface area contributed by atoms with Crippen molar-refractivity contribution in [1.82, 2.24) is 0 Å². The Balaban J connectivity index is 3.03. The van der Waals surface area contributed by atoms with Crippen LogP contribution in [0, 0.1) is 10.1 Å². The summed E-state index contributed by atoms with van der Waals surface area (Å²) >= 11 is 8.44. The molecule has 0 saturated heterocycles. The van der Waals surface area contributed by atoms with Gasteiger partial charge in [0.1, 0.15) is 5.75 Å². The molecule has 0 spiro atoms. The van der Waals surface area contributed by atoms with Crippen molar-refractivity contribution in [3.63, 3.8) is 0 Å². The van der Waals surface area contributed by atoms with E-state index >= 15 is 0 Å². The number of ether oxygens (including phenoxy) is 1. The molecule has 6 heteroatoms. The Labute approximate surface area is 87.7 Å². The number of hydrogen-bond donors (Lipinski definition) is 0. The summed E-state index contributed by atoms with van der Waals surface area (Å²) in [5.41, 5.74) is -0.0329. The monoisotopic (exact) mass is 265 g/mol. The third-order valence-electron chi connectivity index (χ3n) is 1.29. The Bertz CT molecular complexity index is 332. The van der Waals surface area contributed by atoms with Gasteiger partial charge in [-0.1, -0.05) is 27.5 Å². The van der Waals surface area contributed by atoms with Gasteiger partial charge in [0.05, 0.1) is 11.0 Å². The molecule has 13 heavy (non-hydrogen) atoms. The molecule has 0 fully saturated rings. The molecular weight excluding hydrogens is 261 g/mol. The van der Waals surface area contributed by atoms with E-state index in [1.54, 1.807) is 6.07 Å². The number of benzene rings is 1. The van der Waals surface area contributed by atoms with Gasteiger partial charge in [-0.15, -0.1) is 0 Å². The van der Waals surface area contributed by atoms with Crippen LogP contribution in [0.5, 0.6) is 5.75 Å². The second kappa shape index (κ2) is 4.43. The van der Waals surface area contributed by atoms with E-state index in [-0.39, 0.29) is 11.8 Å². The second-order valence-corrected chi connectivity index (χ2v) is 3.29. The molecule has 1 rings (SSSR count). The number of alkyl halides is 1. The lowest BCUT2D eigenvalue weighted by molar-refractivity contribution is -0.385. The number of non-ortho nitro benzene ring substituents is 1. The largest absolute Gasteiger partial charge is 0.478 e. The molecule has 1 aromatic carbocycles. The molecule has 4 nitrogen and oxygen atoms in total. The topological polar surface area (TPSA) is 52.4 Å². The average molecular weight is 266 g/mol. The predicted octanol–water partition coefficient (Wildman–Crippen LogP) is 2.93. The van der Waals surface area contributed by atoms with Gasteiger partial charge in [0.15, 0.2) is 6.07 Å². The Kier molecular flexibility index (Phi) is 3.50. The quantitative estimate of drug-likeness (QED) is 0.480. The smallest absolute Gasteiger partial charge is 0.274 e. The first-order valence-electron chi connectivity index (χ1n) is 3.27. The SMILES string of the molecule is O=[N+]([O-])c1cc(Br)cc(OCCl)c1. The molecule has 0 aliphatic carbocycles. The fourth-order valence-corrected chi connectivity index (χ4v) is 1.39. The summed E-state index contributed by atoms with van der Waals surface area (Å²) < 4.78 is 5.49. The highest BCUT2D eigenvalue weighted by molar-refractivity contribution is 9.10. The lowest BCUT2D eigenvalue weighted by atomic mass is 10.3. The maximum Gasteiger partial charge on any atom is 0.274 e. The van der Waals surface area contributed by atoms with Crippen LogP contribution in [0.25, 0.3) is 0 Å². The van der Waals surface area contributed by atoms with Crippen LogP contribution in [0.4, 0.5) is 5.69 Å². The Morgan fingerprint density at radius 2 is 2.23 bits per heavy atom. The molecule has 0 aliphatic heterocycles. The number of halogens is 2. The average Bonchev–Trinajstić information content (AvgIpc) is 2.03. The number of nitrogens with zero attached hydrogens (tertiary/aromatic N) is 1. The highest BCUT2D eigenvalue weighted by atomic mass is 79.9. The summed E-state index contributed by atoms with van der Waals surface area (Å²) in [6, 6.07) is 4.28. The third-order valence-corrected chi connectivity index (χ3v) is 1.86. The Morgan fingerprint density at radius 3 is 2.77 bits per heavy atom. The fraction of sp³-hybridized carbons (Fsp3) is 0.143. The molecule has 0 bridgehead atoms. The van der Waals surface area contributed by atoms with E-state index in [2.05, 4.69) is 15.9 Å². The minimum atomic E-state index is -0.494. The number of rotatable bonds is 3. The van der Waals surface area contributed by atoms with Gasteiger partial charge in [-0.3, -0.25) is 10.1 Å². The van der Waals surface area contributed by atoms with Crippen molar-refractivity contribution in [2.45, 2.75) is 0 Å². The summed E-state index contributed by atoms with van der Waals surface area (Å²) in [7, 11) is 0. The molecule has 0 aliphatic rings. The fourth-order valence-electron chi connectivity index (χ4n) is 0.800. The van der Waals surface area contributed by atoms with Gasteiger partial charge in [0, 0.05) is 10.5 Å². The van der Waals surface area contributed by atoms with Gasteiger partial charge in [0.2, 0.25) is 0 Å². The maximum atomic E-state index is 10.4. The summed E-state index contributed by atoms with van der Waals surface area (Å²) in [5, 5.41) is 10.4. The first kappa shape index (κ1) is 10.3. The molecule has 1 aromatic rings. The van der Waals surface area contributed by atoms with Crippen molar-refractivity contribution in [2.75, 3.05) is 6.07 Å². The molecule has 0 heterocycles. The van der Waals surface area contributed by atoms with Gasteiger partial charge in [0.25, 0.3) is 5.69 Å². The molecule has 70 valence electrons. The van der Waals surface area contributed by atoms with Crippen molar-refractivity contribution in [1.29, 1.82) is 0 Å². The summed E-state index contributed by atoms with van der Waals surface area (Å²) in [4.78, 5) is 9.91. The highest BCUT2D eigenvalue weighted by Gasteiger charge is 2.08. The molecule has 0 saturated carbocycles. The molecule has 0 radical (unpaired) electrons. The highest BCUT2D eigenvalue weighted by Crippen LogP contribution is 2.26. The van der Waals surface area contributed by atoms with Gasteiger partial charge in [-0.2, -0.15) is 0 Å². The van der Waals surface area contributed by atoms with E-state index in [4.69, 9.17) is 16.3 Å². The first-order chi connectivity index (χ1) is 6.13. The van der Waals surface area contributed by atoms with Crippen LogP contribution in [0.2, 0.25) is 0 Å². The Hall–Kier alpha value is -0.810. The number of nitro benzene ring substituents is 1. The van der Waals surface area contributed by atoms with E-state index in [9.17, 15) is 10.1 Å². The lowest BCUT2D eigenvalue weighted by Gasteiger charge is -2.01.